The van der Waals surface area contributed by atoms with Gasteiger partial charge in [-0.15, -0.1) is 0 Å². The molecule has 1 aliphatic heterocycles. The molecule has 0 aliphatic carbocycles. The van der Waals surface area contributed by atoms with Crippen molar-refractivity contribution in [2.24, 2.45) is 7.05 Å². The van der Waals surface area contributed by atoms with Crippen molar-refractivity contribution in [2.75, 3.05) is 11.1 Å². The first-order chi connectivity index (χ1) is 6.25. The zero-order valence-corrected chi connectivity index (χ0v) is 8.84. The van der Waals surface area contributed by atoms with Gasteiger partial charge >= 0.3 is 0 Å². The number of nitrogens with zero attached hydrogens (tertiary/aromatic N) is 2. The Morgan fingerprint density at radius 2 is 2.54 bits per heavy atom. The van der Waals surface area contributed by atoms with Crippen LogP contribution in [0.15, 0.2) is 12.3 Å². The highest BCUT2D eigenvalue weighted by atomic mass is 32.2. The van der Waals surface area contributed by atoms with Gasteiger partial charge < -0.3 is 5.32 Å². The van der Waals surface area contributed by atoms with E-state index in [0.29, 0.717) is 11.3 Å². The van der Waals surface area contributed by atoms with Gasteiger partial charge in [0.15, 0.2) is 0 Å². The number of aromatic nitrogens is 2. The summed E-state index contributed by atoms with van der Waals surface area (Å²) in [5.41, 5.74) is 0. The predicted molar refractivity (Wildman–Crippen MR) is 57.2 cm³/mol. The van der Waals surface area contributed by atoms with Crippen molar-refractivity contribution in [3.63, 3.8) is 0 Å². The zero-order valence-electron chi connectivity index (χ0n) is 8.03. The van der Waals surface area contributed by atoms with Crippen molar-refractivity contribution in [3.8, 4) is 0 Å². The molecule has 1 N–H and O–H groups in total. The standard InChI is InChI=1S/C9H15N3S/c1-7-8(4-6-13-7)10-9-3-5-12(2)11-9/h3,5,7-8H,4,6H2,1-2H3,(H,10,11). The SMILES string of the molecule is CC1SCCC1Nc1ccn(C)n1. The number of aryl methyl sites for hydroxylation is 1. The van der Waals surface area contributed by atoms with Crippen molar-refractivity contribution in [1.29, 1.82) is 0 Å². The van der Waals surface area contributed by atoms with Crippen LogP contribution in [0.4, 0.5) is 5.82 Å². The second kappa shape index (κ2) is 3.62. The Morgan fingerprint density at radius 1 is 1.69 bits per heavy atom. The monoisotopic (exact) mass is 197 g/mol. The van der Waals surface area contributed by atoms with Gasteiger partial charge in [0.25, 0.3) is 0 Å². The average molecular weight is 197 g/mol. The second-order valence-corrected chi connectivity index (χ2v) is 4.98. The molecule has 0 amide bonds. The fraction of sp³-hybridized carbons (Fsp3) is 0.667. The Bertz CT molecular complexity index is 284. The van der Waals surface area contributed by atoms with E-state index in [1.807, 2.05) is 35.8 Å². The van der Waals surface area contributed by atoms with Gasteiger partial charge in [-0.2, -0.15) is 16.9 Å². The molecule has 0 saturated carbocycles. The smallest absolute Gasteiger partial charge is 0.148 e. The molecule has 1 aromatic rings. The predicted octanol–water partition coefficient (Wildman–Crippen LogP) is 1.73. The number of rotatable bonds is 2. The molecular weight excluding hydrogens is 182 g/mol. The molecule has 72 valence electrons. The number of hydrogen-bond donors (Lipinski definition) is 1. The molecule has 2 unspecified atom stereocenters. The molecule has 1 aliphatic rings. The Hall–Kier alpha value is -0.640. The molecule has 2 atom stereocenters. The molecule has 0 aromatic carbocycles. The van der Waals surface area contributed by atoms with Crippen LogP contribution >= 0.6 is 11.8 Å². The third kappa shape index (κ3) is 1.99. The lowest BCUT2D eigenvalue weighted by atomic mass is 10.2. The number of thioether (sulfide) groups is 1. The molecule has 1 fully saturated rings. The van der Waals surface area contributed by atoms with Gasteiger partial charge in [-0.3, -0.25) is 4.68 Å². The Kier molecular flexibility index (Phi) is 2.49. The first-order valence-electron chi connectivity index (χ1n) is 4.63. The van der Waals surface area contributed by atoms with Gasteiger partial charge in [0.2, 0.25) is 0 Å². The van der Waals surface area contributed by atoms with E-state index in [9.17, 15) is 0 Å². The Balaban J connectivity index is 1.97. The van der Waals surface area contributed by atoms with Crippen LogP contribution < -0.4 is 5.32 Å². The van der Waals surface area contributed by atoms with Gasteiger partial charge in [0, 0.05) is 30.6 Å². The Labute approximate surface area is 82.9 Å². The van der Waals surface area contributed by atoms with Crippen LogP contribution in [-0.2, 0) is 7.05 Å². The maximum Gasteiger partial charge on any atom is 0.148 e. The third-order valence-electron chi connectivity index (χ3n) is 2.42. The van der Waals surface area contributed by atoms with E-state index in [4.69, 9.17) is 0 Å². The van der Waals surface area contributed by atoms with E-state index in [-0.39, 0.29) is 0 Å². The largest absolute Gasteiger partial charge is 0.365 e. The summed E-state index contributed by atoms with van der Waals surface area (Å²) in [7, 11) is 1.94. The highest BCUT2D eigenvalue weighted by Gasteiger charge is 2.23. The number of anilines is 1. The summed E-state index contributed by atoms with van der Waals surface area (Å²) in [6.45, 7) is 2.28. The molecule has 1 aromatic heterocycles. The van der Waals surface area contributed by atoms with Crippen LogP contribution in [0.25, 0.3) is 0 Å². The minimum absolute atomic E-state index is 0.597. The number of hydrogen-bond acceptors (Lipinski definition) is 3. The summed E-state index contributed by atoms with van der Waals surface area (Å²) in [6, 6.07) is 2.62. The van der Waals surface area contributed by atoms with Crippen molar-refractivity contribution in [3.05, 3.63) is 12.3 Å². The van der Waals surface area contributed by atoms with Crippen molar-refractivity contribution >= 4 is 17.6 Å². The van der Waals surface area contributed by atoms with E-state index >= 15 is 0 Å². The van der Waals surface area contributed by atoms with Crippen molar-refractivity contribution < 1.29 is 0 Å². The van der Waals surface area contributed by atoms with Gasteiger partial charge in [-0.1, -0.05) is 6.92 Å². The zero-order chi connectivity index (χ0) is 9.26. The van der Waals surface area contributed by atoms with Gasteiger partial charge in [0.1, 0.15) is 5.82 Å². The molecule has 2 heterocycles. The minimum Gasteiger partial charge on any atom is -0.365 e. The fourth-order valence-corrected chi connectivity index (χ4v) is 2.80. The van der Waals surface area contributed by atoms with Crippen LogP contribution in [0.1, 0.15) is 13.3 Å². The number of nitrogens with one attached hydrogen (secondary N) is 1. The van der Waals surface area contributed by atoms with E-state index in [2.05, 4.69) is 17.3 Å². The molecule has 0 radical (unpaired) electrons. The molecule has 4 heteroatoms. The molecular formula is C9H15N3S. The molecule has 0 spiro atoms. The lowest BCUT2D eigenvalue weighted by molar-refractivity contribution is 0.707. The van der Waals surface area contributed by atoms with E-state index < -0.39 is 0 Å². The van der Waals surface area contributed by atoms with Gasteiger partial charge in [-0.25, -0.2) is 0 Å². The van der Waals surface area contributed by atoms with Crippen molar-refractivity contribution in [1.82, 2.24) is 9.78 Å². The highest BCUT2D eigenvalue weighted by molar-refractivity contribution is 8.00. The normalized spacial score (nSPS) is 27.8. The summed E-state index contributed by atoms with van der Waals surface area (Å²) in [6.07, 6.45) is 3.22. The summed E-state index contributed by atoms with van der Waals surface area (Å²) >= 11 is 2.03. The van der Waals surface area contributed by atoms with Crippen LogP contribution in [-0.4, -0.2) is 26.8 Å². The average Bonchev–Trinajstić information content (AvgIpc) is 2.64. The third-order valence-corrected chi connectivity index (χ3v) is 3.75. The summed E-state index contributed by atoms with van der Waals surface area (Å²) in [5.74, 6) is 2.27. The lowest BCUT2D eigenvalue weighted by Gasteiger charge is -2.15. The van der Waals surface area contributed by atoms with E-state index in [1.54, 1.807) is 0 Å². The molecule has 1 saturated heterocycles. The minimum atomic E-state index is 0.597. The van der Waals surface area contributed by atoms with Gasteiger partial charge in [-0.05, 0) is 12.2 Å². The maximum atomic E-state index is 4.30. The van der Waals surface area contributed by atoms with Crippen LogP contribution in [0.5, 0.6) is 0 Å². The van der Waals surface area contributed by atoms with Gasteiger partial charge in [0.05, 0.1) is 0 Å². The summed E-state index contributed by atoms with van der Waals surface area (Å²) in [4.78, 5) is 0. The van der Waals surface area contributed by atoms with E-state index in [0.717, 1.165) is 5.82 Å². The topological polar surface area (TPSA) is 29.9 Å². The quantitative estimate of drug-likeness (QED) is 0.783. The summed E-state index contributed by atoms with van der Waals surface area (Å²) in [5, 5.41) is 8.47. The molecule has 0 bridgehead atoms. The van der Waals surface area contributed by atoms with Crippen LogP contribution in [0.2, 0.25) is 0 Å². The fourth-order valence-electron chi connectivity index (χ4n) is 1.60. The second-order valence-electron chi connectivity index (χ2n) is 3.49. The highest BCUT2D eigenvalue weighted by Crippen LogP contribution is 2.28. The first kappa shape index (κ1) is 8.94. The summed E-state index contributed by atoms with van der Waals surface area (Å²) < 4.78 is 1.83. The maximum absolute atomic E-state index is 4.30. The molecule has 3 nitrogen and oxygen atoms in total. The molecule has 13 heavy (non-hydrogen) atoms. The Morgan fingerprint density at radius 3 is 3.08 bits per heavy atom. The molecule has 2 rings (SSSR count). The van der Waals surface area contributed by atoms with E-state index in [1.165, 1.54) is 12.2 Å². The van der Waals surface area contributed by atoms with Crippen molar-refractivity contribution in [2.45, 2.75) is 24.6 Å². The lowest BCUT2D eigenvalue weighted by Crippen LogP contribution is -2.24. The van der Waals surface area contributed by atoms with Crippen LogP contribution in [0.3, 0.4) is 0 Å². The van der Waals surface area contributed by atoms with Crippen LogP contribution in [0, 0.1) is 0 Å². The first-order valence-corrected chi connectivity index (χ1v) is 5.68.